The van der Waals surface area contributed by atoms with Gasteiger partial charge >= 0.3 is 5.97 Å². The van der Waals surface area contributed by atoms with Crippen molar-refractivity contribution in [3.8, 4) is 11.5 Å². The molecule has 7 nitrogen and oxygen atoms in total. The van der Waals surface area contributed by atoms with Gasteiger partial charge in [-0.25, -0.2) is 0 Å². The highest BCUT2D eigenvalue weighted by Crippen LogP contribution is 2.37. The number of hydrogen-bond acceptors (Lipinski definition) is 7. The highest BCUT2D eigenvalue weighted by molar-refractivity contribution is 8.18. The van der Waals surface area contributed by atoms with Crippen molar-refractivity contribution in [2.45, 2.75) is 26.9 Å². The lowest BCUT2D eigenvalue weighted by molar-refractivity contribution is -0.147. The number of ether oxygens (including phenoxy) is 3. The van der Waals surface area contributed by atoms with Crippen molar-refractivity contribution in [1.29, 1.82) is 0 Å². The molecule has 0 bridgehead atoms. The molecule has 0 radical (unpaired) electrons. The minimum Gasteiger partial charge on any atom is -0.493 e. The summed E-state index contributed by atoms with van der Waals surface area (Å²) in [6.07, 6.45) is 3.89. The van der Waals surface area contributed by atoms with Crippen molar-refractivity contribution in [2.24, 2.45) is 5.92 Å². The maximum atomic E-state index is 12.8. The Balaban J connectivity index is 1.82. The van der Waals surface area contributed by atoms with Crippen LogP contribution in [-0.2, 0) is 27.4 Å². The molecule has 0 aromatic heterocycles. The number of allylic oxidation sites excluding steroid dienone is 1. The van der Waals surface area contributed by atoms with E-state index in [4.69, 9.17) is 14.2 Å². The molecule has 1 saturated heterocycles. The van der Waals surface area contributed by atoms with Crippen LogP contribution in [0.4, 0.5) is 4.79 Å². The molecule has 0 saturated carbocycles. The molecule has 0 N–H and O–H groups in total. The summed E-state index contributed by atoms with van der Waals surface area (Å²) < 4.78 is 16.8. The van der Waals surface area contributed by atoms with E-state index in [0.29, 0.717) is 30.1 Å². The van der Waals surface area contributed by atoms with Gasteiger partial charge in [0.2, 0.25) is 0 Å². The zero-order valence-electron chi connectivity index (χ0n) is 20.1. The maximum Gasteiger partial charge on any atom is 0.326 e. The first-order chi connectivity index (χ1) is 16.8. The lowest BCUT2D eigenvalue weighted by atomic mass is 10.0. The Morgan fingerprint density at radius 3 is 2.57 bits per heavy atom. The second-order valence-electron chi connectivity index (χ2n) is 8.32. The second kappa shape index (κ2) is 12.3. The summed E-state index contributed by atoms with van der Waals surface area (Å²) >= 11 is 0.786. The highest BCUT2D eigenvalue weighted by Gasteiger charge is 2.36. The maximum absolute atomic E-state index is 12.8. The van der Waals surface area contributed by atoms with Gasteiger partial charge in [0.1, 0.15) is 13.2 Å². The van der Waals surface area contributed by atoms with Gasteiger partial charge in [-0.15, -0.1) is 6.58 Å². The molecule has 2 aromatic rings. The van der Waals surface area contributed by atoms with E-state index in [0.717, 1.165) is 27.8 Å². The van der Waals surface area contributed by atoms with Gasteiger partial charge in [-0.3, -0.25) is 19.3 Å². The monoisotopic (exact) mass is 495 g/mol. The van der Waals surface area contributed by atoms with E-state index in [-0.39, 0.29) is 17.4 Å². The molecule has 1 heterocycles. The topological polar surface area (TPSA) is 82.1 Å². The number of imide groups is 1. The van der Waals surface area contributed by atoms with Crippen LogP contribution in [0.2, 0.25) is 0 Å². The lowest BCUT2D eigenvalue weighted by Crippen LogP contribution is -2.34. The van der Waals surface area contributed by atoms with Gasteiger partial charge in [-0.1, -0.05) is 50.3 Å². The van der Waals surface area contributed by atoms with E-state index in [1.54, 1.807) is 25.3 Å². The van der Waals surface area contributed by atoms with Crippen LogP contribution < -0.4 is 9.47 Å². The first-order valence-electron chi connectivity index (χ1n) is 11.2. The molecule has 1 aliphatic heterocycles. The number of thioether (sulfide) groups is 1. The molecule has 0 spiro atoms. The molecule has 2 aromatic carbocycles. The van der Waals surface area contributed by atoms with Gasteiger partial charge in [0.25, 0.3) is 11.1 Å². The smallest absolute Gasteiger partial charge is 0.326 e. The summed E-state index contributed by atoms with van der Waals surface area (Å²) in [6, 6.07) is 13.4. The Bertz CT molecular complexity index is 1130. The summed E-state index contributed by atoms with van der Waals surface area (Å²) in [4.78, 5) is 38.4. The normalized spacial score (nSPS) is 14.5. The number of hydrogen-bond donors (Lipinski definition) is 0. The highest BCUT2D eigenvalue weighted by atomic mass is 32.2. The van der Waals surface area contributed by atoms with Gasteiger partial charge in [-0.05, 0) is 53.4 Å². The number of amides is 2. The Morgan fingerprint density at radius 2 is 1.91 bits per heavy atom. The first-order valence-corrected chi connectivity index (χ1v) is 12.0. The average Bonchev–Trinajstić information content (AvgIpc) is 3.09. The zero-order chi connectivity index (χ0) is 25.4. The van der Waals surface area contributed by atoms with Gasteiger partial charge < -0.3 is 14.2 Å². The Hall–Kier alpha value is -3.52. The van der Waals surface area contributed by atoms with Crippen LogP contribution >= 0.6 is 11.8 Å². The third-order valence-corrected chi connectivity index (χ3v) is 5.91. The molecule has 0 aliphatic carbocycles. The van der Waals surface area contributed by atoms with Crippen molar-refractivity contribution < 1.29 is 28.6 Å². The Labute approximate surface area is 209 Å². The standard InChI is InChI=1S/C27H29NO6S/c1-5-9-21-12-20(13-22(32-4)25(21)34-17-19-10-7-6-8-11-19)14-23-26(30)28(27(31)35-23)15-24(29)33-16-18(2)3/h5-8,10-14,18H,1,9,15-17H2,2-4H3/b23-14-. The minimum atomic E-state index is -0.614. The first kappa shape index (κ1) is 26.1. The fourth-order valence-corrected chi connectivity index (χ4v) is 4.18. The molecule has 0 unspecified atom stereocenters. The van der Waals surface area contributed by atoms with Crippen LogP contribution in [0.5, 0.6) is 11.5 Å². The molecule has 3 rings (SSSR count). The number of carbonyl (C=O) groups excluding carboxylic acids is 3. The number of benzene rings is 2. The van der Waals surface area contributed by atoms with Crippen LogP contribution in [0.3, 0.4) is 0 Å². The molecular formula is C27H29NO6S. The van der Waals surface area contributed by atoms with E-state index in [1.165, 1.54) is 0 Å². The van der Waals surface area contributed by atoms with Crippen LogP contribution in [0.25, 0.3) is 6.08 Å². The number of esters is 1. The number of rotatable bonds is 11. The van der Waals surface area contributed by atoms with Crippen molar-refractivity contribution in [3.05, 3.63) is 76.7 Å². The van der Waals surface area contributed by atoms with E-state index in [9.17, 15) is 14.4 Å². The molecule has 1 fully saturated rings. The predicted molar refractivity (Wildman–Crippen MR) is 136 cm³/mol. The van der Waals surface area contributed by atoms with Crippen molar-refractivity contribution in [2.75, 3.05) is 20.3 Å². The fourth-order valence-electron chi connectivity index (χ4n) is 3.34. The minimum absolute atomic E-state index is 0.160. The van der Waals surface area contributed by atoms with E-state index in [2.05, 4.69) is 6.58 Å². The van der Waals surface area contributed by atoms with Crippen LogP contribution in [-0.4, -0.2) is 42.3 Å². The summed E-state index contributed by atoms with van der Waals surface area (Å²) in [5.74, 6) is 0.109. The molecule has 0 atom stereocenters. The summed E-state index contributed by atoms with van der Waals surface area (Å²) in [6.45, 7) is 7.82. The summed E-state index contributed by atoms with van der Waals surface area (Å²) in [7, 11) is 1.54. The third-order valence-electron chi connectivity index (χ3n) is 5.00. The number of methoxy groups -OCH3 is 1. The van der Waals surface area contributed by atoms with Crippen molar-refractivity contribution in [3.63, 3.8) is 0 Å². The van der Waals surface area contributed by atoms with Gasteiger partial charge in [0, 0.05) is 5.56 Å². The van der Waals surface area contributed by atoms with Crippen LogP contribution in [0.15, 0.2) is 60.0 Å². The second-order valence-corrected chi connectivity index (χ2v) is 9.32. The molecule has 1 aliphatic rings. The largest absolute Gasteiger partial charge is 0.493 e. The van der Waals surface area contributed by atoms with Crippen molar-refractivity contribution in [1.82, 2.24) is 4.90 Å². The average molecular weight is 496 g/mol. The summed E-state index contributed by atoms with van der Waals surface area (Å²) in [5, 5.41) is -0.510. The van der Waals surface area contributed by atoms with Gasteiger partial charge in [0.05, 0.1) is 18.6 Å². The molecule has 35 heavy (non-hydrogen) atoms. The third kappa shape index (κ3) is 6.99. The van der Waals surface area contributed by atoms with E-state index < -0.39 is 23.7 Å². The van der Waals surface area contributed by atoms with E-state index >= 15 is 0 Å². The van der Waals surface area contributed by atoms with Crippen LogP contribution in [0.1, 0.15) is 30.5 Å². The molecule has 8 heteroatoms. The summed E-state index contributed by atoms with van der Waals surface area (Å²) in [5.41, 5.74) is 2.51. The molecular weight excluding hydrogens is 466 g/mol. The van der Waals surface area contributed by atoms with Gasteiger partial charge in [0.15, 0.2) is 11.5 Å². The van der Waals surface area contributed by atoms with E-state index in [1.807, 2.05) is 50.2 Å². The lowest BCUT2D eigenvalue weighted by Gasteiger charge is -2.16. The number of nitrogens with zero attached hydrogens (tertiary/aromatic N) is 1. The number of carbonyl (C=O) groups is 3. The Kier molecular flexibility index (Phi) is 9.14. The quantitative estimate of drug-likeness (QED) is 0.240. The fraction of sp³-hybridized carbons (Fsp3) is 0.296. The van der Waals surface area contributed by atoms with Gasteiger partial charge in [-0.2, -0.15) is 0 Å². The Morgan fingerprint density at radius 1 is 1.17 bits per heavy atom. The molecule has 2 amide bonds. The predicted octanol–water partition coefficient (Wildman–Crippen LogP) is 5.24. The zero-order valence-corrected chi connectivity index (χ0v) is 20.9. The van der Waals surface area contributed by atoms with Crippen molar-refractivity contribution >= 4 is 35.0 Å². The SMILES string of the molecule is C=CCc1cc(/C=C2\SC(=O)N(CC(=O)OCC(C)C)C2=O)cc(OC)c1OCc1ccccc1. The molecule has 184 valence electrons. The van der Waals surface area contributed by atoms with Crippen LogP contribution in [0, 0.1) is 5.92 Å².